The molecule has 2 saturated heterocycles. The smallest absolute Gasteiger partial charge is 0.255 e. The lowest BCUT2D eigenvalue weighted by Crippen LogP contribution is -2.54. The van der Waals surface area contributed by atoms with E-state index in [-0.39, 0.29) is 34.7 Å². The second kappa shape index (κ2) is 11.1. The Labute approximate surface area is 230 Å². The van der Waals surface area contributed by atoms with Gasteiger partial charge in [-0.1, -0.05) is 49.4 Å². The fraction of sp³-hybridized carbons (Fsp3) is 0.400. The standard InChI is InChI=1S/C30H36N4O4S/c1-20-9-4-5-10-22(20)29(35)31-26-14-15-28(24-12-7-6-11-23(24)26)39(37,38)32-25-16-18-34(19-21(25)2)30(36)27-13-8-17-33(27)3/h4-7,9-12,14-15,21,25,27,32H,8,13,16-19H2,1-3H3,(H,31,35)/t21-,25+,27+/m1/s1. The van der Waals surface area contributed by atoms with E-state index in [2.05, 4.69) is 14.9 Å². The summed E-state index contributed by atoms with van der Waals surface area (Å²) in [4.78, 5) is 30.2. The van der Waals surface area contributed by atoms with Crippen molar-refractivity contribution in [3.63, 3.8) is 0 Å². The Morgan fingerprint density at radius 1 is 0.923 bits per heavy atom. The molecule has 2 amide bonds. The van der Waals surface area contributed by atoms with Gasteiger partial charge < -0.3 is 10.2 Å². The van der Waals surface area contributed by atoms with Crippen LogP contribution in [0, 0.1) is 12.8 Å². The molecular formula is C30H36N4O4S. The van der Waals surface area contributed by atoms with Crippen LogP contribution in [0.4, 0.5) is 5.69 Å². The summed E-state index contributed by atoms with van der Waals surface area (Å²) in [7, 11) is -1.87. The number of anilines is 1. The normalized spacial score (nSPS) is 22.2. The summed E-state index contributed by atoms with van der Waals surface area (Å²) >= 11 is 0. The number of nitrogens with one attached hydrogen (secondary N) is 2. The molecule has 39 heavy (non-hydrogen) atoms. The highest BCUT2D eigenvalue weighted by molar-refractivity contribution is 7.89. The zero-order valence-electron chi connectivity index (χ0n) is 22.7. The van der Waals surface area contributed by atoms with Crippen LogP contribution in [-0.4, -0.2) is 68.8 Å². The van der Waals surface area contributed by atoms with Gasteiger partial charge in [-0.2, -0.15) is 0 Å². The molecule has 3 atom stereocenters. The van der Waals surface area contributed by atoms with Crippen molar-refractivity contribution in [2.75, 3.05) is 32.0 Å². The van der Waals surface area contributed by atoms with Gasteiger partial charge in [-0.15, -0.1) is 0 Å². The average molecular weight is 549 g/mol. The van der Waals surface area contributed by atoms with E-state index in [0.717, 1.165) is 24.9 Å². The Morgan fingerprint density at radius 3 is 2.33 bits per heavy atom. The van der Waals surface area contributed by atoms with Gasteiger partial charge in [0.2, 0.25) is 15.9 Å². The summed E-state index contributed by atoms with van der Waals surface area (Å²) in [5.41, 5.74) is 1.98. The molecule has 2 fully saturated rings. The third kappa shape index (κ3) is 5.57. The van der Waals surface area contributed by atoms with Crippen LogP contribution in [0.15, 0.2) is 65.6 Å². The molecule has 0 spiro atoms. The predicted octanol–water partition coefficient (Wildman–Crippen LogP) is 4.01. The quantitative estimate of drug-likeness (QED) is 0.485. The van der Waals surface area contributed by atoms with Crippen molar-refractivity contribution in [1.29, 1.82) is 0 Å². The highest BCUT2D eigenvalue weighted by Crippen LogP contribution is 2.31. The van der Waals surface area contributed by atoms with Crippen LogP contribution in [0.3, 0.4) is 0 Å². The number of nitrogens with zero attached hydrogens (tertiary/aromatic N) is 2. The van der Waals surface area contributed by atoms with Gasteiger partial charge in [-0.05, 0) is 69.5 Å². The number of aryl methyl sites for hydroxylation is 1. The third-order valence-corrected chi connectivity index (χ3v) is 9.69. The van der Waals surface area contributed by atoms with Crippen LogP contribution in [-0.2, 0) is 14.8 Å². The maximum absolute atomic E-state index is 13.6. The van der Waals surface area contributed by atoms with Crippen molar-refractivity contribution in [3.05, 3.63) is 71.8 Å². The first-order chi connectivity index (χ1) is 18.7. The molecule has 0 saturated carbocycles. The third-order valence-electron chi connectivity index (χ3n) is 8.14. The minimum absolute atomic E-state index is 0.0249. The van der Waals surface area contributed by atoms with Crippen molar-refractivity contribution < 1.29 is 18.0 Å². The monoisotopic (exact) mass is 548 g/mol. The number of hydrogen-bond donors (Lipinski definition) is 2. The Kier molecular flexibility index (Phi) is 7.75. The summed E-state index contributed by atoms with van der Waals surface area (Å²) in [5.74, 6) is -0.119. The molecule has 5 rings (SSSR count). The largest absolute Gasteiger partial charge is 0.341 e. The number of benzene rings is 3. The van der Waals surface area contributed by atoms with Gasteiger partial charge in [0.05, 0.1) is 10.9 Å². The number of likely N-dealkylation sites (tertiary alicyclic amines) is 2. The molecular weight excluding hydrogens is 512 g/mol. The lowest BCUT2D eigenvalue weighted by molar-refractivity contribution is -0.137. The fourth-order valence-corrected chi connectivity index (χ4v) is 7.44. The van der Waals surface area contributed by atoms with Crippen molar-refractivity contribution in [3.8, 4) is 0 Å². The summed E-state index contributed by atoms with van der Waals surface area (Å²) in [6.07, 6.45) is 2.47. The zero-order chi connectivity index (χ0) is 27.7. The van der Waals surface area contributed by atoms with E-state index in [1.165, 1.54) is 0 Å². The summed E-state index contributed by atoms with van der Waals surface area (Å²) < 4.78 is 30.2. The zero-order valence-corrected chi connectivity index (χ0v) is 23.5. The Balaban J connectivity index is 1.33. The minimum Gasteiger partial charge on any atom is -0.341 e. The number of carbonyl (C=O) groups is 2. The Morgan fingerprint density at radius 2 is 1.64 bits per heavy atom. The van der Waals surface area contributed by atoms with Gasteiger partial charge in [0.15, 0.2) is 0 Å². The van der Waals surface area contributed by atoms with Crippen molar-refractivity contribution in [2.45, 2.75) is 50.1 Å². The maximum Gasteiger partial charge on any atom is 0.255 e. The molecule has 2 N–H and O–H groups in total. The second-order valence-electron chi connectivity index (χ2n) is 10.8. The van der Waals surface area contributed by atoms with Crippen molar-refractivity contribution in [1.82, 2.24) is 14.5 Å². The molecule has 0 aromatic heterocycles. The van der Waals surface area contributed by atoms with Crippen molar-refractivity contribution in [2.24, 2.45) is 5.92 Å². The highest BCUT2D eigenvalue weighted by Gasteiger charge is 2.37. The molecule has 0 bridgehead atoms. The van der Waals surface area contributed by atoms with E-state index in [1.807, 2.05) is 56.1 Å². The van der Waals surface area contributed by atoms with E-state index in [0.29, 0.717) is 41.5 Å². The number of likely N-dealkylation sites (N-methyl/N-ethyl adjacent to an activating group) is 1. The number of amides is 2. The molecule has 0 aliphatic carbocycles. The number of carbonyl (C=O) groups excluding carboxylic acids is 2. The molecule has 2 aliphatic heterocycles. The first kappa shape index (κ1) is 27.3. The summed E-state index contributed by atoms with van der Waals surface area (Å²) in [6.45, 7) is 5.87. The van der Waals surface area contributed by atoms with Crippen LogP contribution >= 0.6 is 0 Å². The van der Waals surface area contributed by atoms with E-state index in [4.69, 9.17) is 0 Å². The second-order valence-corrected chi connectivity index (χ2v) is 12.5. The molecule has 0 radical (unpaired) electrons. The van der Waals surface area contributed by atoms with Gasteiger partial charge in [0.25, 0.3) is 5.91 Å². The van der Waals surface area contributed by atoms with Gasteiger partial charge in [0, 0.05) is 41.2 Å². The molecule has 3 aromatic rings. The lowest BCUT2D eigenvalue weighted by Gasteiger charge is -2.39. The van der Waals surface area contributed by atoms with E-state index < -0.39 is 10.0 Å². The van der Waals surface area contributed by atoms with Crippen LogP contribution in [0.5, 0.6) is 0 Å². The molecule has 206 valence electrons. The van der Waals surface area contributed by atoms with E-state index >= 15 is 0 Å². The van der Waals surface area contributed by atoms with Gasteiger partial charge in [0.1, 0.15) is 0 Å². The van der Waals surface area contributed by atoms with Crippen LogP contribution in [0.1, 0.15) is 42.1 Å². The Hall–Kier alpha value is -3.27. The first-order valence-electron chi connectivity index (χ1n) is 13.6. The number of hydrogen-bond acceptors (Lipinski definition) is 5. The van der Waals surface area contributed by atoms with Gasteiger partial charge >= 0.3 is 0 Å². The average Bonchev–Trinajstić information content (AvgIpc) is 3.35. The molecule has 8 nitrogen and oxygen atoms in total. The molecule has 9 heteroatoms. The Bertz CT molecular complexity index is 1510. The fourth-order valence-electron chi connectivity index (χ4n) is 5.85. The molecule has 2 heterocycles. The SMILES string of the molecule is Cc1ccccc1C(=O)Nc1ccc(S(=O)(=O)N[C@H]2CCN(C(=O)[C@@H]3CCCN3C)C[C@H]2C)c2ccccc12. The predicted molar refractivity (Wildman–Crippen MR) is 153 cm³/mol. The number of sulfonamides is 1. The van der Waals surface area contributed by atoms with E-state index in [1.54, 1.807) is 30.3 Å². The minimum atomic E-state index is -3.86. The number of piperidine rings is 1. The summed E-state index contributed by atoms with van der Waals surface area (Å²) in [5, 5.41) is 4.14. The van der Waals surface area contributed by atoms with Crippen LogP contribution in [0.2, 0.25) is 0 Å². The topological polar surface area (TPSA) is 98.8 Å². The van der Waals surface area contributed by atoms with Crippen LogP contribution in [0.25, 0.3) is 10.8 Å². The van der Waals surface area contributed by atoms with Gasteiger partial charge in [-0.3, -0.25) is 14.5 Å². The summed E-state index contributed by atoms with van der Waals surface area (Å²) in [6, 6.07) is 17.4. The lowest BCUT2D eigenvalue weighted by atomic mass is 9.94. The van der Waals surface area contributed by atoms with E-state index in [9.17, 15) is 18.0 Å². The molecule has 3 aromatic carbocycles. The maximum atomic E-state index is 13.6. The van der Waals surface area contributed by atoms with Crippen molar-refractivity contribution >= 4 is 38.3 Å². The van der Waals surface area contributed by atoms with Crippen LogP contribution < -0.4 is 10.0 Å². The number of fused-ring (bicyclic) bond motifs is 1. The first-order valence-corrected chi connectivity index (χ1v) is 15.0. The highest BCUT2D eigenvalue weighted by atomic mass is 32.2. The number of rotatable bonds is 6. The molecule has 0 unspecified atom stereocenters. The molecule has 2 aliphatic rings. The van der Waals surface area contributed by atoms with Gasteiger partial charge in [-0.25, -0.2) is 13.1 Å².